The van der Waals surface area contributed by atoms with Crippen molar-refractivity contribution < 1.29 is 42.9 Å². The summed E-state index contributed by atoms with van der Waals surface area (Å²) in [5, 5.41) is 0. The number of carbonyl (C=O) groups excluding carboxylic acids is 5. The van der Waals surface area contributed by atoms with Gasteiger partial charge in [-0.15, -0.1) is 0 Å². The normalized spacial score (nSPS) is 11.5. The van der Waals surface area contributed by atoms with E-state index in [9.17, 15) is 24.0 Å². The molecule has 45 heavy (non-hydrogen) atoms. The number of hydrogen-bond donors (Lipinski definition) is 0. The molecule has 2 rings (SSSR count). The molecule has 0 saturated heterocycles. The number of ether oxygens (including phenoxy) is 4. The number of rotatable bonds is 11. The van der Waals surface area contributed by atoms with Crippen molar-refractivity contribution in [2.45, 2.75) is 52.1 Å². The molecule has 0 aliphatic carbocycles. The maximum atomic E-state index is 13.1. The van der Waals surface area contributed by atoms with Gasteiger partial charge in [-0.3, -0.25) is 19.4 Å². The molecule has 1 atom stereocenters. The van der Waals surface area contributed by atoms with Gasteiger partial charge < -0.3 is 28.7 Å². The predicted octanol–water partition coefficient (Wildman–Crippen LogP) is 3.78. The van der Waals surface area contributed by atoms with Crippen LogP contribution < -0.4 is 9.80 Å². The van der Waals surface area contributed by atoms with E-state index in [4.69, 9.17) is 30.5 Å². The van der Waals surface area contributed by atoms with E-state index >= 15 is 0 Å². The third kappa shape index (κ3) is 11.7. The summed E-state index contributed by atoms with van der Waals surface area (Å²) in [4.78, 5) is 75.4. The zero-order chi connectivity index (χ0) is 33.9. The smallest absolute Gasteiger partial charge is 0.416 e. The highest BCUT2D eigenvalue weighted by molar-refractivity contribution is 6.20. The second kappa shape index (κ2) is 16.4. The van der Waals surface area contributed by atoms with Crippen LogP contribution in [0.1, 0.15) is 38.8 Å². The molecule has 1 unspecified atom stereocenters. The van der Waals surface area contributed by atoms with Crippen LogP contribution in [0.4, 0.5) is 26.0 Å². The summed E-state index contributed by atoms with van der Waals surface area (Å²) < 4.78 is 20.8. The topological polar surface area (TPSA) is 161 Å². The zero-order valence-electron chi connectivity index (χ0n) is 26.6. The van der Waals surface area contributed by atoms with E-state index < -0.39 is 47.9 Å². The molecule has 0 N–H and O–H groups in total. The lowest BCUT2D eigenvalue weighted by atomic mass is 10.2. The third-order valence-corrected chi connectivity index (χ3v) is 5.83. The maximum Gasteiger partial charge on any atom is 0.416 e. The first-order chi connectivity index (χ1) is 21.0. The Morgan fingerprint density at radius 3 is 1.71 bits per heavy atom. The zero-order valence-corrected chi connectivity index (χ0v) is 27.4. The van der Waals surface area contributed by atoms with Crippen molar-refractivity contribution in [1.82, 2.24) is 19.8 Å². The molecule has 0 aromatic carbocycles. The fraction of sp³-hybridized carbons (Fsp3) is 0.483. The van der Waals surface area contributed by atoms with Gasteiger partial charge in [0.1, 0.15) is 43.5 Å². The average molecular weight is 651 g/mol. The Kier molecular flexibility index (Phi) is 13.3. The number of esters is 2. The minimum atomic E-state index is -0.855. The first-order valence-corrected chi connectivity index (χ1v) is 14.1. The third-order valence-electron chi connectivity index (χ3n) is 5.74. The summed E-state index contributed by atoms with van der Waals surface area (Å²) in [5.74, 6) is -1.02. The molecule has 4 amide bonds. The number of likely N-dealkylation sites (N-methyl/N-ethyl adjacent to an activating group) is 2. The van der Waals surface area contributed by atoms with E-state index in [0.717, 1.165) is 14.7 Å². The monoisotopic (exact) mass is 650 g/mol. The van der Waals surface area contributed by atoms with Crippen LogP contribution in [0.15, 0.2) is 36.7 Å². The maximum absolute atomic E-state index is 13.1. The van der Waals surface area contributed by atoms with Crippen molar-refractivity contribution in [3.8, 4) is 0 Å². The molecule has 0 spiro atoms. The molecule has 0 fully saturated rings. The van der Waals surface area contributed by atoms with Crippen LogP contribution >= 0.6 is 11.6 Å². The predicted molar refractivity (Wildman–Crippen MR) is 164 cm³/mol. The molecule has 0 saturated carbocycles. The second-order valence-electron chi connectivity index (χ2n) is 10.8. The van der Waals surface area contributed by atoms with E-state index in [1.165, 1.54) is 52.4 Å². The summed E-state index contributed by atoms with van der Waals surface area (Å²) in [6.45, 7) is 5.41. The average Bonchev–Trinajstić information content (AvgIpc) is 2.96. The molecule has 0 bridgehead atoms. The fourth-order valence-corrected chi connectivity index (χ4v) is 3.68. The lowest BCUT2D eigenvalue weighted by Gasteiger charge is -2.25. The number of alkyl halides is 1. The van der Waals surface area contributed by atoms with Gasteiger partial charge in [-0.2, -0.15) is 0 Å². The molecule has 0 aliphatic rings. The number of pyridine rings is 2. The summed E-state index contributed by atoms with van der Waals surface area (Å²) in [7, 11) is 5.70. The van der Waals surface area contributed by atoms with Gasteiger partial charge in [0.25, 0.3) is 0 Å². The SMILES string of the molecule is CC(Cl)OC(=O)N(C)c1ncccc1COC(=O)CN(C)C(=O)N(C)c1ncccc1COC(=O)CN(C)C(=O)OC(C)(C)C. The van der Waals surface area contributed by atoms with Crippen LogP contribution in [-0.2, 0) is 41.8 Å². The van der Waals surface area contributed by atoms with Gasteiger partial charge in [0.2, 0.25) is 0 Å². The number of anilines is 2. The van der Waals surface area contributed by atoms with Crippen molar-refractivity contribution in [2.75, 3.05) is 51.1 Å². The van der Waals surface area contributed by atoms with Gasteiger partial charge in [-0.1, -0.05) is 23.7 Å². The lowest BCUT2D eigenvalue weighted by Crippen LogP contribution is -2.42. The van der Waals surface area contributed by atoms with Crippen molar-refractivity contribution in [3.05, 3.63) is 47.8 Å². The van der Waals surface area contributed by atoms with Crippen LogP contribution in [0.25, 0.3) is 0 Å². The molecule has 15 nitrogen and oxygen atoms in total. The number of hydrogen-bond acceptors (Lipinski definition) is 11. The molecule has 16 heteroatoms. The largest absolute Gasteiger partial charge is 0.459 e. The summed E-state index contributed by atoms with van der Waals surface area (Å²) >= 11 is 5.73. The Balaban J connectivity index is 1.97. The van der Waals surface area contributed by atoms with E-state index in [-0.39, 0.29) is 31.4 Å². The number of amides is 4. The van der Waals surface area contributed by atoms with Gasteiger partial charge in [0.05, 0.1) is 0 Å². The molecule has 2 heterocycles. The molecule has 246 valence electrons. The Bertz CT molecular complexity index is 1370. The van der Waals surface area contributed by atoms with Crippen molar-refractivity contribution in [2.24, 2.45) is 0 Å². The van der Waals surface area contributed by atoms with Crippen molar-refractivity contribution in [3.63, 3.8) is 0 Å². The molecule has 0 aliphatic heterocycles. The summed E-state index contributed by atoms with van der Waals surface area (Å²) in [5.41, 5.74) is -0.746. The van der Waals surface area contributed by atoms with E-state index in [1.54, 1.807) is 45.0 Å². The summed E-state index contributed by atoms with van der Waals surface area (Å²) in [6.07, 6.45) is 1.50. The Morgan fingerprint density at radius 2 is 1.24 bits per heavy atom. The van der Waals surface area contributed by atoms with Gasteiger partial charge in [-0.25, -0.2) is 24.4 Å². The van der Waals surface area contributed by atoms with Gasteiger partial charge in [0, 0.05) is 51.7 Å². The van der Waals surface area contributed by atoms with Crippen LogP contribution in [0.3, 0.4) is 0 Å². The van der Waals surface area contributed by atoms with E-state index in [1.807, 2.05) is 0 Å². The highest BCUT2D eigenvalue weighted by atomic mass is 35.5. The standard InChI is InChI=1S/C29H39ClN6O9/c1-19(30)44-28(41)36(8)25-21(12-10-14-32-25)18-42-22(37)15-33(5)26(39)35(7)24-20(11-9-13-31-24)17-43-23(38)16-34(6)27(40)45-29(2,3)4/h9-14,19H,15-18H2,1-8H3. The quantitative estimate of drug-likeness (QED) is 0.198. The molecule has 0 radical (unpaired) electrons. The Morgan fingerprint density at radius 1 is 0.778 bits per heavy atom. The molecule has 2 aromatic heterocycles. The number of carbonyl (C=O) groups is 5. The van der Waals surface area contributed by atoms with Crippen LogP contribution in [0.2, 0.25) is 0 Å². The number of nitrogens with zero attached hydrogens (tertiary/aromatic N) is 6. The van der Waals surface area contributed by atoms with Gasteiger partial charge in [-0.05, 0) is 39.8 Å². The van der Waals surface area contributed by atoms with E-state index in [2.05, 4.69) is 9.97 Å². The lowest BCUT2D eigenvalue weighted by molar-refractivity contribution is -0.146. The first kappa shape index (κ1) is 36.5. The highest BCUT2D eigenvalue weighted by Gasteiger charge is 2.25. The second-order valence-corrected chi connectivity index (χ2v) is 11.4. The number of aromatic nitrogens is 2. The van der Waals surface area contributed by atoms with Crippen LogP contribution in [0, 0.1) is 0 Å². The Hall–Kier alpha value is -4.66. The molecular formula is C29H39ClN6O9. The van der Waals surface area contributed by atoms with Crippen LogP contribution in [-0.4, -0.2) is 102 Å². The van der Waals surface area contributed by atoms with Crippen molar-refractivity contribution >= 4 is 53.4 Å². The highest BCUT2D eigenvalue weighted by Crippen LogP contribution is 2.20. The Labute approximate surface area is 266 Å². The number of halogens is 1. The fourth-order valence-electron chi connectivity index (χ4n) is 3.61. The van der Waals surface area contributed by atoms with Crippen molar-refractivity contribution in [1.29, 1.82) is 0 Å². The minimum Gasteiger partial charge on any atom is -0.459 e. The van der Waals surface area contributed by atoms with E-state index in [0.29, 0.717) is 11.1 Å². The van der Waals surface area contributed by atoms with Gasteiger partial charge >= 0.3 is 30.2 Å². The number of urea groups is 1. The minimum absolute atomic E-state index is 0.192. The van der Waals surface area contributed by atoms with Gasteiger partial charge in [0.15, 0.2) is 5.56 Å². The summed E-state index contributed by atoms with van der Waals surface area (Å²) in [6, 6.07) is 5.87. The molecule has 2 aromatic rings. The van der Waals surface area contributed by atoms with Crippen LogP contribution in [0.5, 0.6) is 0 Å². The first-order valence-electron chi connectivity index (χ1n) is 13.7. The molecular weight excluding hydrogens is 612 g/mol.